The maximum Gasteiger partial charge on any atom is 0.328 e. The lowest BCUT2D eigenvalue weighted by molar-refractivity contribution is -0.140. The molecule has 1 heterocycles. The van der Waals surface area contributed by atoms with E-state index in [0.29, 0.717) is 0 Å². The molecular formula is C12H11FN2O2. The Balaban J connectivity index is 2.29. The fourth-order valence-electron chi connectivity index (χ4n) is 1.45. The topological polar surface area (TPSA) is 55.1 Å². The van der Waals surface area contributed by atoms with Gasteiger partial charge in [0.2, 0.25) is 0 Å². The quantitative estimate of drug-likeness (QED) is 0.886. The normalized spacial score (nSPS) is 12.4. The predicted molar refractivity (Wildman–Crippen MR) is 60.0 cm³/mol. The highest BCUT2D eigenvalue weighted by atomic mass is 19.1. The second kappa shape index (κ2) is 4.37. The van der Waals surface area contributed by atoms with Gasteiger partial charge in [0.25, 0.3) is 0 Å². The summed E-state index contributed by atoms with van der Waals surface area (Å²) in [5.41, 5.74) is 1.56. The summed E-state index contributed by atoms with van der Waals surface area (Å²) in [4.78, 5) is 10.8. The first-order chi connectivity index (χ1) is 8.08. The van der Waals surface area contributed by atoms with Crippen LogP contribution in [-0.2, 0) is 4.79 Å². The van der Waals surface area contributed by atoms with Crippen LogP contribution in [0.5, 0.6) is 0 Å². The van der Waals surface area contributed by atoms with E-state index in [9.17, 15) is 9.18 Å². The van der Waals surface area contributed by atoms with Crippen LogP contribution in [0.25, 0.3) is 11.1 Å². The zero-order chi connectivity index (χ0) is 12.4. The van der Waals surface area contributed by atoms with Crippen molar-refractivity contribution in [2.75, 3.05) is 0 Å². The maximum atomic E-state index is 12.7. The molecule has 0 amide bonds. The summed E-state index contributed by atoms with van der Waals surface area (Å²) < 4.78 is 14.1. The Hall–Kier alpha value is -2.17. The Morgan fingerprint density at radius 1 is 1.35 bits per heavy atom. The molecule has 0 bridgehead atoms. The third-order valence-electron chi connectivity index (χ3n) is 2.53. The van der Waals surface area contributed by atoms with Crippen LogP contribution in [0.15, 0.2) is 36.7 Å². The molecule has 88 valence electrons. The molecule has 4 nitrogen and oxygen atoms in total. The van der Waals surface area contributed by atoms with E-state index in [1.807, 2.05) is 0 Å². The van der Waals surface area contributed by atoms with Crippen molar-refractivity contribution >= 4 is 5.97 Å². The van der Waals surface area contributed by atoms with E-state index in [1.54, 1.807) is 31.5 Å². The number of aliphatic carboxylic acids is 1. The highest BCUT2D eigenvalue weighted by Gasteiger charge is 2.14. The fraction of sp³-hybridized carbons (Fsp3) is 0.167. The second-order valence-corrected chi connectivity index (χ2v) is 3.73. The molecule has 17 heavy (non-hydrogen) atoms. The number of carboxylic acid groups (broad SMARTS) is 1. The molecule has 0 saturated carbocycles. The lowest BCUT2D eigenvalue weighted by atomic mass is 10.1. The highest BCUT2D eigenvalue weighted by Crippen LogP contribution is 2.20. The third-order valence-corrected chi connectivity index (χ3v) is 2.53. The van der Waals surface area contributed by atoms with Gasteiger partial charge in [0.15, 0.2) is 0 Å². The van der Waals surface area contributed by atoms with Crippen LogP contribution in [-0.4, -0.2) is 20.9 Å². The van der Waals surface area contributed by atoms with E-state index in [4.69, 9.17) is 5.11 Å². The molecule has 0 aliphatic heterocycles. The standard InChI is InChI=1S/C12H11FN2O2/c1-8(12(16)17)15-7-10(6-14-15)9-2-4-11(13)5-3-9/h2-8H,1H3,(H,16,17). The molecule has 0 spiro atoms. The first-order valence-electron chi connectivity index (χ1n) is 5.11. The van der Waals surface area contributed by atoms with Gasteiger partial charge in [-0.3, -0.25) is 4.68 Å². The molecule has 1 aromatic heterocycles. The molecule has 0 radical (unpaired) electrons. The molecule has 0 aliphatic carbocycles. The van der Waals surface area contributed by atoms with Crippen LogP contribution < -0.4 is 0 Å². The van der Waals surface area contributed by atoms with Crippen molar-refractivity contribution in [3.05, 3.63) is 42.5 Å². The summed E-state index contributed by atoms with van der Waals surface area (Å²) in [5.74, 6) is -1.25. The number of hydrogen-bond acceptors (Lipinski definition) is 2. The van der Waals surface area contributed by atoms with Gasteiger partial charge in [0, 0.05) is 11.8 Å². The Morgan fingerprint density at radius 2 is 2.00 bits per heavy atom. The zero-order valence-electron chi connectivity index (χ0n) is 9.17. The summed E-state index contributed by atoms with van der Waals surface area (Å²) in [6, 6.07) is 5.24. The number of nitrogens with zero attached hydrogens (tertiary/aromatic N) is 2. The summed E-state index contributed by atoms with van der Waals surface area (Å²) in [6.45, 7) is 1.55. The fourth-order valence-corrected chi connectivity index (χ4v) is 1.45. The number of carboxylic acids is 1. The molecule has 1 unspecified atom stereocenters. The third kappa shape index (κ3) is 2.33. The van der Waals surface area contributed by atoms with E-state index in [-0.39, 0.29) is 5.82 Å². The number of aromatic nitrogens is 2. The van der Waals surface area contributed by atoms with Gasteiger partial charge >= 0.3 is 5.97 Å². The van der Waals surface area contributed by atoms with Crippen molar-refractivity contribution in [1.82, 2.24) is 9.78 Å². The lowest BCUT2D eigenvalue weighted by Crippen LogP contribution is -2.15. The second-order valence-electron chi connectivity index (χ2n) is 3.73. The first-order valence-corrected chi connectivity index (χ1v) is 5.11. The van der Waals surface area contributed by atoms with Crippen molar-refractivity contribution < 1.29 is 14.3 Å². The predicted octanol–water partition coefficient (Wildman–Crippen LogP) is 2.33. The minimum Gasteiger partial charge on any atom is -0.480 e. The molecular weight excluding hydrogens is 223 g/mol. The van der Waals surface area contributed by atoms with Crippen molar-refractivity contribution in [3.8, 4) is 11.1 Å². The van der Waals surface area contributed by atoms with Crippen molar-refractivity contribution in [1.29, 1.82) is 0 Å². The van der Waals surface area contributed by atoms with E-state index in [0.717, 1.165) is 11.1 Å². The van der Waals surface area contributed by atoms with Gasteiger partial charge in [0.1, 0.15) is 11.9 Å². The van der Waals surface area contributed by atoms with Crippen LogP contribution >= 0.6 is 0 Å². The van der Waals surface area contributed by atoms with E-state index in [2.05, 4.69) is 5.10 Å². The lowest BCUT2D eigenvalue weighted by Gasteiger charge is -2.05. The average molecular weight is 234 g/mol. The van der Waals surface area contributed by atoms with E-state index in [1.165, 1.54) is 16.8 Å². The molecule has 0 fully saturated rings. The summed E-state index contributed by atoms with van der Waals surface area (Å²) in [6.07, 6.45) is 3.19. The minimum atomic E-state index is -0.946. The molecule has 2 aromatic rings. The van der Waals surface area contributed by atoms with Gasteiger partial charge in [0.05, 0.1) is 6.20 Å². The summed E-state index contributed by atoms with van der Waals surface area (Å²) in [7, 11) is 0. The van der Waals surface area contributed by atoms with Gasteiger partial charge in [-0.1, -0.05) is 12.1 Å². The van der Waals surface area contributed by atoms with E-state index >= 15 is 0 Å². The van der Waals surface area contributed by atoms with Gasteiger partial charge in [-0.15, -0.1) is 0 Å². The van der Waals surface area contributed by atoms with Crippen molar-refractivity contribution in [2.24, 2.45) is 0 Å². The SMILES string of the molecule is CC(C(=O)O)n1cc(-c2ccc(F)cc2)cn1. The molecule has 1 N–H and O–H groups in total. The summed E-state index contributed by atoms with van der Waals surface area (Å²) >= 11 is 0. The minimum absolute atomic E-state index is 0.306. The Labute approximate surface area is 97.3 Å². The van der Waals surface area contributed by atoms with E-state index < -0.39 is 12.0 Å². The van der Waals surface area contributed by atoms with Crippen LogP contribution in [0.4, 0.5) is 4.39 Å². The molecule has 1 aromatic carbocycles. The maximum absolute atomic E-state index is 12.7. The number of hydrogen-bond donors (Lipinski definition) is 1. The van der Waals surface area contributed by atoms with Crippen LogP contribution in [0.1, 0.15) is 13.0 Å². The van der Waals surface area contributed by atoms with Gasteiger partial charge in [-0.2, -0.15) is 5.10 Å². The number of halogens is 1. The van der Waals surface area contributed by atoms with Crippen LogP contribution in [0.3, 0.4) is 0 Å². The number of benzene rings is 1. The average Bonchev–Trinajstić information content (AvgIpc) is 2.78. The Kier molecular flexibility index (Phi) is 2.91. The van der Waals surface area contributed by atoms with Crippen LogP contribution in [0.2, 0.25) is 0 Å². The van der Waals surface area contributed by atoms with Crippen molar-refractivity contribution in [3.63, 3.8) is 0 Å². The van der Waals surface area contributed by atoms with Gasteiger partial charge in [-0.05, 0) is 24.6 Å². The smallest absolute Gasteiger partial charge is 0.328 e. The Morgan fingerprint density at radius 3 is 2.59 bits per heavy atom. The molecule has 1 atom stereocenters. The van der Waals surface area contributed by atoms with Crippen LogP contribution in [0, 0.1) is 5.82 Å². The number of carbonyl (C=O) groups is 1. The number of rotatable bonds is 3. The van der Waals surface area contributed by atoms with Crippen molar-refractivity contribution in [2.45, 2.75) is 13.0 Å². The molecule has 0 aliphatic rings. The first kappa shape index (κ1) is 11.3. The van der Waals surface area contributed by atoms with Gasteiger partial charge < -0.3 is 5.11 Å². The Bertz CT molecular complexity index is 534. The zero-order valence-corrected chi connectivity index (χ0v) is 9.17. The highest BCUT2D eigenvalue weighted by molar-refractivity contribution is 5.71. The van der Waals surface area contributed by atoms with Gasteiger partial charge in [-0.25, -0.2) is 9.18 Å². The largest absolute Gasteiger partial charge is 0.480 e. The molecule has 5 heteroatoms. The monoisotopic (exact) mass is 234 g/mol. The molecule has 0 saturated heterocycles. The molecule has 2 rings (SSSR count). The summed E-state index contributed by atoms with van der Waals surface area (Å²) in [5, 5.41) is 12.8.